The van der Waals surface area contributed by atoms with Crippen molar-refractivity contribution in [1.82, 2.24) is 5.32 Å². The lowest BCUT2D eigenvalue weighted by Crippen LogP contribution is -2.24. The minimum atomic E-state index is -0.497. The van der Waals surface area contributed by atoms with Gasteiger partial charge in [0.2, 0.25) is 5.91 Å². The van der Waals surface area contributed by atoms with Crippen molar-refractivity contribution >= 4 is 5.91 Å². The molecule has 0 aromatic rings. The second-order valence-corrected chi connectivity index (χ2v) is 6.02. The molecule has 0 aliphatic rings. The molecule has 0 unspecified atom stereocenters. The number of carbonyl (C=O) groups excluding carboxylic acids is 1. The van der Waals surface area contributed by atoms with Crippen LogP contribution >= 0.6 is 0 Å². The molecule has 0 heterocycles. The minimum absolute atomic E-state index is 0.0615. The molecule has 142 valence electrons. The molecule has 0 radical (unpaired) electrons. The summed E-state index contributed by atoms with van der Waals surface area (Å²) in [6, 6.07) is 0. The Balaban J connectivity index is 3.44. The van der Waals surface area contributed by atoms with E-state index in [0.29, 0.717) is 6.42 Å². The molecule has 25 heavy (non-hydrogen) atoms. The summed E-state index contributed by atoms with van der Waals surface area (Å²) in [5.74, 6) is -0.0615. The number of rotatable bonds is 16. The SMILES string of the molecule is CCCCC/C=C\C/C=C\C/C=C/C/C=C\CCCC(=O)NCCF. The van der Waals surface area contributed by atoms with Crippen LogP contribution in [0.25, 0.3) is 0 Å². The average molecular weight is 350 g/mol. The number of hydrogen-bond acceptors (Lipinski definition) is 1. The summed E-state index contributed by atoms with van der Waals surface area (Å²) in [4.78, 5) is 11.2. The van der Waals surface area contributed by atoms with Crippen molar-refractivity contribution in [2.45, 2.75) is 71.1 Å². The number of unbranched alkanes of at least 4 members (excludes halogenated alkanes) is 4. The van der Waals surface area contributed by atoms with Gasteiger partial charge in [-0.1, -0.05) is 68.4 Å². The fourth-order valence-electron chi connectivity index (χ4n) is 2.22. The van der Waals surface area contributed by atoms with Gasteiger partial charge in [0.05, 0.1) is 0 Å². The Morgan fingerprint density at radius 3 is 1.84 bits per heavy atom. The summed E-state index contributed by atoms with van der Waals surface area (Å²) in [5.41, 5.74) is 0. The maximum atomic E-state index is 11.9. The first-order valence-corrected chi connectivity index (χ1v) is 9.73. The Labute approximate surface area is 154 Å². The molecule has 0 aliphatic heterocycles. The van der Waals surface area contributed by atoms with Gasteiger partial charge in [-0.2, -0.15) is 0 Å². The molecule has 0 aromatic carbocycles. The van der Waals surface area contributed by atoms with E-state index in [4.69, 9.17) is 0 Å². The van der Waals surface area contributed by atoms with Gasteiger partial charge in [-0.15, -0.1) is 0 Å². The predicted octanol–water partition coefficient (Wildman–Crippen LogP) is 6.22. The third kappa shape index (κ3) is 20.3. The van der Waals surface area contributed by atoms with E-state index in [-0.39, 0.29) is 12.5 Å². The Morgan fingerprint density at radius 1 is 0.800 bits per heavy atom. The van der Waals surface area contributed by atoms with Crippen LogP contribution in [-0.2, 0) is 4.79 Å². The number of alkyl halides is 1. The van der Waals surface area contributed by atoms with Crippen molar-refractivity contribution in [2.24, 2.45) is 0 Å². The van der Waals surface area contributed by atoms with E-state index in [0.717, 1.165) is 32.1 Å². The van der Waals surface area contributed by atoms with E-state index < -0.39 is 6.67 Å². The minimum Gasteiger partial charge on any atom is -0.353 e. The summed E-state index contributed by atoms with van der Waals surface area (Å²) in [6.45, 7) is 1.86. The zero-order valence-corrected chi connectivity index (χ0v) is 15.9. The van der Waals surface area contributed by atoms with E-state index in [1.54, 1.807) is 0 Å². The number of carbonyl (C=O) groups is 1. The highest BCUT2D eigenvalue weighted by molar-refractivity contribution is 5.75. The fraction of sp³-hybridized carbons (Fsp3) is 0.591. The standard InChI is InChI=1S/C22H36FNO/c1-2-3-4-5-6-7-8-9-10-11-12-13-14-15-16-17-18-19-22(25)24-21-20-23/h6-7,9-10,12-13,15-16H,2-5,8,11,14,17-21H2,1H3,(H,24,25)/b7-6-,10-9-,13-12+,16-15-. The van der Waals surface area contributed by atoms with Gasteiger partial charge in [-0.3, -0.25) is 4.79 Å². The second kappa shape index (κ2) is 20.4. The molecule has 1 N–H and O–H groups in total. The molecule has 2 nitrogen and oxygen atoms in total. The van der Waals surface area contributed by atoms with Gasteiger partial charge in [-0.05, 0) is 44.9 Å². The molecule has 0 bridgehead atoms. The second-order valence-electron chi connectivity index (χ2n) is 6.02. The monoisotopic (exact) mass is 349 g/mol. The first-order chi connectivity index (χ1) is 12.3. The van der Waals surface area contributed by atoms with Crippen LogP contribution in [0.3, 0.4) is 0 Å². The summed E-state index contributed by atoms with van der Waals surface area (Å²) < 4.78 is 11.9. The number of hydrogen-bond donors (Lipinski definition) is 1. The molecule has 1 amide bonds. The fourth-order valence-corrected chi connectivity index (χ4v) is 2.22. The van der Waals surface area contributed by atoms with Crippen molar-refractivity contribution in [3.8, 4) is 0 Å². The summed E-state index contributed by atoms with van der Waals surface area (Å²) in [7, 11) is 0. The first kappa shape index (κ1) is 23.4. The van der Waals surface area contributed by atoms with E-state index in [2.05, 4.69) is 60.8 Å². The van der Waals surface area contributed by atoms with Crippen LogP contribution in [0.4, 0.5) is 4.39 Å². The molecule has 0 saturated heterocycles. The van der Waals surface area contributed by atoms with Gasteiger partial charge in [0, 0.05) is 13.0 Å². The molecular weight excluding hydrogens is 313 g/mol. The van der Waals surface area contributed by atoms with Crippen molar-refractivity contribution in [2.75, 3.05) is 13.2 Å². The van der Waals surface area contributed by atoms with Gasteiger partial charge < -0.3 is 5.32 Å². The average Bonchev–Trinajstić information content (AvgIpc) is 2.62. The lowest BCUT2D eigenvalue weighted by Gasteiger charge is -2.00. The number of amides is 1. The Hall–Kier alpha value is -1.64. The highest BCUT2D eigenvalue weighted by Gasteiger charge is 1.97. The van der Waals surface area contributed by atoms with Crippen LogP contribution in [-0.4, -0.2) is 19.1 Å². The molecule has 0 aliphatic carbocycles. The van der Waals surface area contributed by atoms with E-state index in [1.807, 2.05) is 0 Å². The third-order valence-electron chi connectivity index (χ3n) is 3.65. The molecule has 0 spiro atoms. The van der Waals surface area contributed by atoms with E-state index >= 15 is 0 Å². The van der Waals surface area contributed by atoms with Crippen LogP contribution in [0, 0.1) is 0 Å². The van der Waals surface area contributed by atoms with Crippen LogP contribution < -0.4 is 5.32 Å². The molecule has 0 aromatic heterocycles. The van der Waals surface area contributed by atoms with E-state index in [1.165, 1.54) is 25.7 Å². The molecule has 0 rings (SSSR count). The lowest BCUT2D eigenvalue weighted by molar-refractivity contribution is -0.121. The number of halogens is 1. The Bertz CT molecular complexity index is 410. The molecule has 3 heteroatoms. The Kier molecular flexibility index (Phi) is 19.1. The van der Waals surface area contributed by atoms with Crippen LogP contribution in [0.2, 0.25) is 0 Å². The van der Waals surface area contributed by atoms with Crippen molar-refractivity contribution in [1.29, 1.82) is 0 Å². The largest absolute Gasteiger partial charge is 0.353 e. The van der Waals surface area contributed by atoms with Crippen LogP contribution in [0.15, 0.2) is 48.6 Å². The van der Waals surface area contributed by atoms with Gasteiger partial charge in [0.15, 0.2) is 0 Å². The topological polar surface area (TPSA) is 29.1 Å². The van der Waals surface area contributed by atoms with Gasteiger partial charge in [0.25, 0.3) is 0 Å². The van der Waals surface area contributed by atoms with Gasteiger partial charge >= 0.3 is 0 Å². The maximum Gasteiger partial charge on any atom is 0.220 e. The zero-order valence-electron chi connectivity index (χ0n) is 15.9. The van der Waals surface area contributed by atoms with Gasteiger partial charge in [0.1, 0.15) is 6.67 Å². The number of allylic oxidation sites excluding steroid dienone is 8. The predicted molar refractivity (Wildman–Crippen MR) is 107 cm³/mol. The van der Waals surface area contributed by atoms with Crippen LogP contribution in [0.1, 0.15) is 71.1 Å². The molecule has 0 saturated carbocycles. The van der Waals surface area contributed by atoms with Crippen LogP contribution in [0.5, 0.6) is 0 Å². The normalized spacial score (nSPS) is 12.2. The summed E-state index contributed by atoms with van der Waals surface area (Å²) in [5, 5.41) is 2.53. The third-order valence-corrected chi connectivity index (χ3v) is 3.65. The van der Waals surface area contributed by atoms with Crippen molar-refractivity contribution in [3.05, 3.63) is 48.6 Å². The molecule has 0 atom stereocenters. The number of nitrogens with one attached hydrogen (secondary N) is 1. The zero-order chi connectivity index (χ0) is 18.4. The lowest BCUT2D eigenvalue weighted by atomic mass is 10.2. The molecular formula is C22H36FNO. The van der Waals surface area contributed by atoms with E-state index in [9.17, 15) is 9.18 Å². The van der Waals surface area contributed by atoms with Gasteiger partial charge in [-0.25, -0.2) is 4.39 Å². The highest BCUT2D eigenvalue weighted by Crippen LogP contribution is 2.01. The summed E-state index contributed by atoms with van der Waals surface area (Å²) in [6.07, 6.45) is 27.7. The summed E-state index contributed by atoms with van der Waals surface area (Å²) >= 11 is 0. The molecule has 0 fully saturated rings. The Morgan fingerprint density at radius 2 is 1.32 bits per heavy atom. The first-order valence-electron chi connectivity index (χ1n) is 9.73. The maximum absolute atomic E-state index is 11.9. The quantitative estimate of drug-likeness (QED) is 0.260. The highest BCUT2D eigenvalue weighted by atomic mass is 19.1. The smallest absolute Gasteiger partial charge is 0.220 e. The van der Waals surface area contributed by atoms with Crippen molar-refractivity contribution in [3.63, 3.8) is 0 Å². The van der Waals surface area contributed by atoms with Crippen molar-refractivity contribution < 1.29 is 9.18 Å².